The molecular formula is C14H22ClN3O. The predicted octanol–water partition coefficient (Wildman–Crippen LogP) is 2.39. The highest BCUT2D eigenvalue weighted by Crippen LogP contribution is 2.09. The lowest BCUT2D eigenvalue weighted by molar-refractivity contribution is 0.0719. The monoisotopic (exact) mass is 283 g/mol. The van der Waals surface area contributed by atoms with E-state index in [1.54, 1.807) is 18.2 Å². The smallest absolute Gasteiger partial charge is 0.272 e. The third-order valence-electron chi connectivity index (χ3n) is 2.62. The van der Waals surface area contributed by atoms with Crippen molar-refractivity contribution in [3.05, 3.63) is 29.0 Å². The minimum Gasteiger partial charge on any atom is -0.336 e. The van der Waals surface area contributed by atoms with Gasteiger partial charge in [0.1, 0.15) is 10.8 Å². The molecule has 0 aliphatic rings. The van der Waals surface area contributed by atoms with E-state index in [4.69, 9.17) is 11.6 Å². The zero-order valence-corrected chi connectivity index (χ0v) is 12.8. The van der Waals surface area contributed by atoms with E-state index in [1.807, 2.05) is 19.0 Å². The van der Waals surface area contributed by atoms with Crippen LogP contribution >= 0.6 is 11.6 Å². The van der Waals surface area contributed by atoms with Gasteiger partial charge < -0.3 is 9.80 Å². The Kier molecular flexibility index (Phi) is 6.25. The molecule has 0 radical (unpaired) electrons. The minimum absolute atomic E-state index is 0.0574. The Morgan fingerprint density at radius 2 is 2.00 bits per heavy atom. The van der Waals surface area contributed by atoms with Crippen molar-refractivity contribution in [2.45, 2.75) is 13.8 Å². The predicted molar refractivity (Wildman–Crippen MR) is 78.5 cm³/mol. The summed E-state index contributed by atoms with van der Waals surface area (Å²) < 4.78 is 0. The molecule has 5 heteroatoms. The Labute approximate surface area is 120 Å². The average Bonchev–Trinajstić information content (AvgIpc) is 2.33. The fourth-order valence-corrected chi connectivity index (χ4v) is 1.89. The summed E-state index contributed by atoms with van der Waals surface area (Å²) in [6.07, 6.45) is 0. The summed E-state index contributed by atoms with van der Waals surface area (Å²) in [6.45, 7) is 6.45. The van der Waals surface area contributed by atoms with Gasteiger partial charge in [-0.25, -0.2) is 4.98 Å². The van der Waals surface area contributed by atoms with E-state index in [0.29, 0.717) is 23.3 Å². The number of hydrogen-bond donors (Lipinski definition) is 0. The van der Waals surface area contributed by atoms with Gasteiger partial charge >= 0.3 is 0 Å². The summed E-state index contributed by atoms with van der Waals surface area (Å²) in [5, 5.41) is 0.350. The number of carbonyl (C=O) groups is 1. The summed E-state index contributed by atoms with van der Waals surface area (Å²) in [6, 6.07) is 5.13. The lowest BCUT2D eigenvalue weighted by Gasteiger charge is -2.25. The van der Waals surface area contributed by atoms with Crippen LogP contribution in [0.2, 0.25) is 5.15 Å². The molecular weight excluding hydrogens is 262 g/mol. The van der Waals surface area contributed by atoms with E-state index in [2.05, 4.69) is 23.7 Å². The molecule has 19 heavy (non-hydrogen) atoms. The van der Waals surface area contributed by atoms with Crippen molar-refractivity contribution in [2.24, 2.45) is 5.92 Å². The molecule has 0 unspecified atom stereocenters. The molecule has 1 heterocycles. The maximum Gasteiger partial charge on any atom is 0.272 e. The lowest BCUT2D eigenvalue weighted by Crippen LogP contribution is -2.39. The van der Waals surface area contributed by atoms with Crippen LogP contribution in [0, 0.1) is 5.92 Å². The molecule has 1 aromatic heterocycles. The maximum atomic E-state index is 12.4. The van der Waals surface area contributed by atoms with E-state index in [1.165, 1.54) is 0 Å². The van der Waals surface area contributed by atoms with Crippen LogP contribution in [0.1, 0.15) is 24.3 Å². The SMILES string of the molecule is CC(C)CN(CCN(C)C)C(=O)c1cccc(Cl)n1. The number of nitrogens with zero attached hydrogens (tertiary/aromatic N) is 3. The van der Waals surface area contributed by atoms with Crippen LogP contribution in [-0.4, -0.2) is 54.4 Å². The molecule has 0 aromatic carbocycles. The van der Waals surface area contributed by atoms with Gasteiger partial charge in [0.05, 0.1) is 0 Å². The number of rotatable bonds is 6. The molecule has 0 N–H and O–H groups in total. The van der Waals surface area contributed by atoms with Gasteiger partial charge in [-0.1, -0.05) is 31.5 Å². The molecule has 0 saturated carbocycles. The van der Waals surface area contributed by atoms with Crippen molar-refractivity contribution in [1.29, 1.82) is 0 Å². The normalized spacial score (nSPS) is 11.1. The zero-order chi connectivity index (χ0) is 14.4. The molecule has 0 fully saturated rings. The molecule has 0 aliphatic heterocycles. The summed E-state index contributed by atoms with van der Waals surface area (Å²) >= 11 is 5.84. The number of halogens is 1. The summed E-state index contributed by atoms with van der Waals surface area (Å²) in [5.74, 6) is 0.364. The van der Waals surface area contributed by atoms with Crippen molar-refractivity contribution in [3.63, 3.8) is 0 Å². The third kappa shape index (κ3) is 5.57. The van der Waals surface area contributed by atoms with Crippen LogP contribution in [0.3, 0.4) is 0 Å². The highest BCUT2D eigenvalue weighted by Gasteiger charge is 2.18. The standard InChI is InChI=1S/C14H22ClN3O/c1-11(2)10-18(9-8-17(3)4)14(19)12-6-5-7-13(15)16-12/h5-7,11H,8-10H2,1-4H3. The van der Waals surface area contributed by atoms with Crippen molar-refractivity contribution in [2.75, 3.05) is 33.7 Å². The van der Waals surface area contributed by atoms with Gasteiger partial charge in [-0.05, 0) is 32.1 Å². The highest BCUT2D eigenvalue weighted by atomic mass is 35.5. The van der Waals surface area contributed by atoms with Crippen LogP contribution < -0.4 is 0 Å². The van der Waals surface area contributed by atoms with Crippen LogP contribution in [0.5, 0.6) is 0 Å². The maximum absolute atomic E-state index is 12.4. The van der Waals surface area contributed by atoms with Gasteiger partial charge in [-0.3, -0.25) is 4.79 Å². The summed E-state index contributed by atoms with van der Waals surface area (Å²) in [5.41, 5.74) is 0.409. The summed E-state index contributed by atoms with van der Waals surface area (Å²) in [7, 11) is 3.99. The van der Waals surface area contributed by atoms with E-state index >= 15 is 0 Å². The largest absolute Gasteiger partial charge is 0.336 e. The second kappa shape index (κ2) is 7.46. The fraction of sp³-hybridized carbons (Fsp3) is 0.571. The molecule has 1 rings (SSSR count). The zero-order valence-electron chi connectivity index (χ0n) is 12.1. The van der Waals surface area contributed by atoms with E-state index in [-0.39, 0.29) is 5.91 Å². The molecule has 106 valence electrons. The number of carbonyl (C=O) groups excluding carboxylic acids is 1. The van der Waals surface area contributed by atoms with Crippen LogP contribution in [0.25, 0.3) is 0 Å². The second-order valence-electron chi connectivity index (χ2n) is 5.29. The first-order valence-electron chi connectivity index (χ1n) is 6.46. The number of pyridine rings is 1. The molecule has 0 bridgehead atoms. The van der Waals surface area contributed by atoms with Crippen molar-refractivity contribution in [1.82, 2.24) is 14.8 Å². The van der Waals surface area contributed by atoms with Gasteiger partial charge in [0.15, 0.2) is 0 Å². The van der Waals surface area contributed by atoms with Gasteiger partial charge in [0, 0.05) is 19.6 Å². The van der Waals surface area contributed by atoms with E-state index < -0.39 is 0 Å². The first-order chi connectivity index (χ1) is 8.90. The van der Waals surface area contributed by atoms with E-state index in [0.717, 1.165) is 13.1 Å². The Hall–Kier alpha value is -1.13. The third-order valence-corrected chi connectivity index (χ3v) is 2.83. The Morgan fingerprint density at radius 1 is 1.32 bits per heavy atom. The second-order valence-corrected chi connectivity index (χ2v) is 5.68. The molecule has 1 amide bonds. The summed E-state index contributed by atoms with van der Waals surface area (Å²) in [4.78, 5) is 20.4. The van der Waals surface area contributed by atoms with Gasteiger partial charge in [-0.2, -0.15) is 0 Å². The van der Waals surface area contributed by atoms with Crippen LogP contribution in [0.4, 0.5) is 0 Å². The van der Waals surface area contributed by atoms with Crippen LogP contribution in [-0.2, 0) is 0 Å². The molecule has 0 spiro atoms. The Balaban J connectivity index is 2.81. The Bertz CT molecular complexity index is 421. The number of likely N-dealkylation sites (N-methyl/N-ethyl adjacent to an activating group) is 1. The fourth-order valence-electron chi connectivity index (χ4n) is 1.73. The molecule has 0 saturated heterocycles. The number of amides is 1. The topological polar surface area (TPSA) is 36.4 Å². The minimum atomic E-state index is -0.0574. The van der Waals surface area contributed by atoms with Gasteiger partial charge in [-0.15, -0.1) is 0 Å². The molecule has 0 aliphatic carbocycles. The van der Waals surface area contributed by atoms with Crippen molar-refractivity contribution in [3.8, 4) is 0 Å². The van der Waals surface area contributed by atoms with Crippen LogP contribution in [0.15, 0.2) is 18.2 Å². The Morgan fingerprint density at radius 3 is 2.53 bits per heavy atom. The van der Waals surface area contributed by atoms with Crippen molar-refractivity contribution >= 4 is 17.5 Å². The highest BCUT2D eigenvalue weighted by molar-refractivity contribution is 6.29. The van der Waals surface area contributed by atoms with Crippen molar-refractivity contribution < 1.29 is 4.79 Å². The number of aromatic nitrogens is 1. The average molecular weight is 284 g/mol. The van der Waals surface area contributed by atoms with Gasteiger partial charge in [0.25, 0.3) is 5.91 Å². The first-order valence-corrected chi connectivity index (χ1v) is 6.84. The molecule has 4 nitrogen and oxygen atoms in total. The lowest BCUT2D eigenvalue weighted by atomic mass is 10.2. The van der Waals surface area contributed by atoms with E-state index in [9.17, 15) is 4.79 Å². The first kappa shape index (κ1) is 15.9. The molecule has 0 atom stereocenters. The molecule has 1 aromatic rings. The quantitative estimate of drug-likeness (QED) is 0.752. The van der Waals surface area contributed by atoms with Gasteiger partial charge in [0.2, 0.25) is 0 Å². The number of hydrogen-bond acceptors (Lipinski definition) is 3.